The van der Waals surface area contributed by atoms with E-state index in [1.807, 2.05) is 36.4 Å². The Balaban J connectivity index is 1.30. The van der Waals surface area contributed by atoms with Gasteiger partial charge in [0, 0.05) is 5.39 Å². The molecule has 2 nitrogen and oxygen atoms in total. The fraction of sp³-hybridized carbons (Fsp3) is 0.333. The molecule has 0 saturated heterocycles. The summed E-state index contributed by atoms with van der Waals surface area (Å²) in [6, 6.07) is 23.5. The van der Waals surface area contributed by atoms with Gasteiger partial charge >= 0.3 is 6.36 Å². The molecule has 0 aliphatic heterocycles. The maximum Gasteiger partial charge on any atom is 0.573 e. The van der Waals surface area contributed by atoms with Crippen LogP contribution in [0.5, 0.6) is 11.5 Å². The first-order valence-electron chi connectivity index (χ1n) is 13.6. The van der Waals surface area contributed by atoms with E-state index in [0.717, 1.165) is 48.1 Å². The van der Waals surface area contributed by atoms with Gasteiger partial charge in [-0.25, -0.2) is 4.39 Å². The second-order valence-corrected chi connectivity index (χ2v) is 9.84. The normalized spacial score (nSPS) is 11.6. The van der Waals surface area contributed by atoms with E-state index in [1.165, 1.54) is 37.0 Å². The van der Waals surface area contributed by atoms with Crippen molar-refractivity contribution >= 4 is 10.8 Å². The van der Waals surface area contributed by atoms with Crippen molar-refractivity contribution in [2.45, 2.75) is 64.7 Å². The van der Waals surface area contributed by atoms with Crippen LogP contribution in [-0.2, 0) is 25.7 Å². The molecule has 0 fully saturated rings. The van der Waals surface area contributed by atoms with Crippen molar-refractivity contribution in [3.63, 3.8) is 0 Å². The highest BCUT2D eigenvalue weighted by Gasteiger charge is 2.30. The summed E-state index contributed by atoms with van der Waals surface area (Å²) in [4.78, 5) is 0. The summed E-state index contributed by atoms with van der Waals surface area (Å²) in [5, 5.41) is 1.43. The SMILES string of the molecule is CCCCCCOc1ccc(CCc2ccc3c(F)c(CCc4ccc(OC(F)(F)F)cc4)ccc3c2)cc1. The molecule has 0 radical (unpaired) electrons. The summed E-state index contributed by atoms with van der Waals surface area (Å²) >= 11 is 0. The van der Waals surface area contributed by atoms with Crippen LogP contribution in [-0.4, -0.2) is 13.0 Å². The van der Waals surface area contributed by atoms with Crippen molar-refractivity contribution in [2.75, 3.05) is 6.61 Å². The Hall–Kier alpha value is -3.54. The third-order valence-corrected chi connectivity index (χ3v) is 6.83. The monoisotopic (exact) mass is 538 g/mol. The first-order chi connectivity index (χ1) is 18.8. The van der Waals surface area contributed by atoms with E-state index >= 15 is 4.39 Å². The van der Waals surface area contributed by atoms with Crippen LogP contribution in [0.2, 0.25) is 0 Å². The van der Waals surface area contributed by atoms with Gasteiger partial charge in [0.15, 0.2) is 0 Å². The van der Waals surface area contributed by atoms with Crippen LogP contribution in [0.25, 0.3) is 10.8 Å². The lowest BCUT2D eigenvalue weighted by Gasteiger charge is -2.11. The van der Waals surface area contributed by atoms with E-state index in [4.69, 9.17) is 4.74 Å². The Bertz CT molecular complexity index is 1330. The molecule has 0 spiro atoms. The van der Waals surface area contributed by atoms with Gasteiger partial charge in [-0.05, 0) is 84.0 Å². The molecule has 0 N–H and O–H groups in total. The van der Waals surface area contributed by atoms with Gasteiger partial charge in [0.1, 0.15) is 17.3 Å². The summed E-state index contributed by atoms with van der Waals surface area (Å²) in [7, 11) is 0. The van der Waals surface area contributed by atoms with E-state index in [0.29, 0.717) is 23.8 Å². The summed E-state index contributed by atoms with van der Waals surface area (Å²) in [6.45, 7) is 2.95. The van der Waals surface area contributed by atoms with Crippen LogP contribution in [0.1, 0.15) is 54.9 Å². The lowest BCUT2D eigenvalue weighted by Crippen LogP contribution is -2.17. The lowest BCUT2D eigenvalue weighted by atomic mass is 9.97. The van der Waals surface area contributed by atoms with Gasteiger partial charge in [-0.1, -0.05) is 80.8 Å². The molecule has 0 amide bonds. The van der Waals surface area contributed by atoms with Gasteiger partial charge < -0.3 is 9.47 Å². The Morgan fingerprint density at radius 3 is 1.92 bits per heavy atom. The first-order valence-corrected chi connectivity index (χ1v) is 13.6. The second-order valence-electron chi connectivity index (χ2n) is 9.84. The fourth-order valence-electron chi connectivity index (χ4n) is 4.63. The van der Waals surface area contributed by atoms with Gasteiger partial charge in [0.05, 0.1) is 6.61 Å². The third-order valence-electron chi connectivity index (χ3n) is 6.83. The molecule has 0 unspecified atom stereocenters. The number of ether oxygens (including phenoxy) is 2. The van der Waals surface area contributed by atoms with Crippen LogP contribution in [0, 0.1) is 5.82 Å². The molecule has 0 heterocycles. The zero-order valence-electron chi connectivity index (χ0n) is 22.2. The van der Waals surface area contributed by atoms with Crippen molar-refractivity contribution in [3.05, 3.63) is 107 Å². The topological polar surface area (TPSA) is 18.5 Å². The number of halogens is 4. The van der Waals surface area contributed by atoms with E-state index in [2.05, 4.69) is 23.8 Å². The molecule has 6 heteroatoms. The second kappa shape index (κ2) is 13.5. The molecule has 39 heavy (non-hydrogen) atoms. The third kappa shape index (κ3) is 8.74. The van der Waals surface area contributed by atoms with Gasteiger partial charge in [-0.2, -0.15) is 0 Å². The molecule has 4 aromatic rings. The number of unbranched alkanes of at least 4 members (excludes halogenated alkanes) is 3. The van der Waals surface area contributed by atoms with Crippen molar-refractivity contribution in [2.24, 2.45) is 0 Å². The highest BCUT2D eigenvalue weighted by atomic mass is 19.4. The fourth-order valence-corrected chi connectivity index (χ4v) is 4.63. The summed E-state index contributed by atoms with van der Waals surface area (Å²) in [5.41, 5.74) is 3.77. The molecule has 0 atom stereocenters. The minimum absolute atomic E-state index is 0.249. The summed E-state index contributed by atoms with van der Waals surface area (Å²) in [6.07, 6.45) is 2.72. The molecule has 206 valence electrons. The van der Waals surface area contributed by atoms with E-state index in [1.54, 1.807) is 18.2 Å². The molecule has 0 aromatic heterocycles. The highest BCUT2D eigenvalue weighted by Crippen LogP contribution is 2.26. The predicted octanol–water partition coefficient (Wildman–Crippen LogP) is 9.41. The van der Waals surface area contributed by atoms with Crippen LogP contribution in [0.3, 0.4) is 0 Å². The average Bonchev–Trinajstić information content (AvgIpc) is 2.92. The molecule has 0 aliphatic rings. The largest absolute Gasteiger partial charge is 0.573 e. The average molecular weight is 539 g/mol. The zero-order valence-corrected chi connectivity index (χ0v) is 22.2. The van der Waals surface area contributed by atoms with Crippen LogP contribution in [0.4, 0.5) is 17.6 Å². The van der Waals surface area contributed by atoms with Gasteiger partial charge in [-0.15, -0.1) is 13.2 Å². The number of aryl methyl sites for hydroxylation is 4. The number of hydrogen-bond acceptors (Lipinski definition) is 2. The van der Waals surface area contributed by atoms with Gasteiger partial charge in [0.2, 0.25) is 0 Å². The van der Waals surface area contributed by atoms with Crippen molar-refractivity contribution < 1.29 is 27.0 Å². The zero-order chi connectivity index (χ0) is 27.7. The number of alkyl halides is 3. The maximum absolute atomic E-state index is 15.2. The van der Waals surface area contributed by atoms with E-state index in [9.17, 15) is 13.2 Å². The van der Waals surface area contributed by atoms with Gasteiger partial charge in [0.25, 0.3) is 0 Å². The van der Waals surface area contributed by atoms with Crippen LogP contribution < -0.4 is 9.47 Å². The minimum atomic E-state index is -4.72. The summed E-state index contributed by atoms with van der Waals surface area (Å²) < 4.78 is 62.0. The smallest absolute Gasteiger partial charge is 0.494 e. The molecule has 4 rings (SSSR count). The highest BCUT2D eigenvalue weighted by molar-refractivity contribution is 5.84. The Morgan fingerprint density at radius 1 is 0.641 bits per heavy atom. The van der Waals surface area contributed by atoms with Gasteiger partial charge in [-0.3, -0.25) is 0 Å². The van der Waals surface area contributed by atoms with Crippen molar-refractivity contribution in [1.82, 2.24) is 0 Å². The molecule has 0 aliphatic carbocycles. The number of hydrogen-bond donors (Lipinski definition) is 0. The Labute approximate surface area is 227 Å². The lowest BCUT2D eigenvalue weighted by molar-refractivity contribution is -0.274. The predicted molar refractivity (Wildman–Crippen MR) is 148 cm³/mol. The minimum Gasteiger partial charge on any atom is -0.494 e. The number of fused-ring (bicyclic) bond motifs is 1. The molecule has 0 bridgehead atoms. The van der Waals surface area contributed by atoms with Crippen LogP contribution in [0.15, 0.2) is 78.9 Å². The number of benzene rings is 4. The van der Waals surface area contributed by atoms with E-state index < -0.39 is 6.36 Å². The Morgan fingerprint density at radius 2 is 1.26 bits per heavy atom. The summed E-state index contributed by atoms with van der Waals surface area (Å²) in [5.74, 6) is 0.388. The molecular weight excluding hydrogens is 504 g/mol. The quantitative estimate of drug-likeness (QED) is 0.125. The van der Waals surface area contributed by atoms with Crippen molar-refractivity contribution in [1.29, 1.82) is 0 Å². The maximum atomic E-state index is 15.2. The standard InChI is InChI=1S/C33H34F4O2/c1-2-3-4-5-22-38-29-17-9-24(10-18-29)6-7-26-13-21-31-28(23-26)16-15-27(32(31)34)14-8-25-11-19-30(20-12-25)39-33(35,36)37/h9-13,15-21,23H,2-8,14,22H2,1H3. The first kappa shape index (κ1) is 28.5. The molecule has 4 aromatic carbocycles. The molecule has 0 saturated carbocycles. The molecular formula is C33H34F4O2. The number of rotatable bonds is 13. The van der Waals surface area contributed by atoms with Crippen LogP contribution >= 0.6 is 0 Å². The Kier molecular flexibility index (Phi) is 9.85. The van der Waals surface area contributed by atoms with Crippen molar-refractivity contribution in [3.8, 4) is 11.5 Å². The van der Waals surface area contributed by atoms with E-state index in [-0.39, 0.29) is 11.6 Å².